The fraction of sp³-hybridized carbons (Fsp3) is 0.846. The summed E-state index contributed by atoms with van der Waals surface area (Å²) in [5.74, 6) is 0. The fourth-order valence-corrected chi connectivity index (χ4v) is 3.00. The summed E-state index contributed by atoms with van der Waals surface area (Å²) >= 11 is 1.97. The number of thioether (sulfide) groups is 1. The first-order valence-corrected chi connectivity index (χ1v) is 7.59. The third kappa shape index (κ3) is 5.37. The average Bonchev–Trinajstić information content (AvgIpc) is 2.51. The topological polar surface area (TPSA) is 23.5 Å². The number of aliphatic hydroxyl groups is 1. The molecule has 1 aliphatic heterocycles. The highest BCUT2D eigenvalue weighted by Gasteiger charge is 2.19. The molecule has 0 spiro atoms. The molecule has 2 nitrogen and oxygen atoms in total. The number of aliphatic hydroxyl groups excluding tert-OH is 1. The van der Waals surface area contributed by atoms with Crippen LogP contribution in [0.1, 0.15) is 32.1 Å². The molecule has 1 heterocycles. The second-order valence-electron chi connectivity index (χ2n) is 4.63. The van der Waals surface area contributed by atoms with E-state index in [1.807, 2.05) is 17.8 Å². The first-order valence-electron chi connectivity index (χ1n) is 6.30. The van der Waals surface area contributed by atoms with Crippen LogP contribution in [0.5, 0.6) is 0 Å². The van der Waals surface area contributed by atoms with Crippen LogP contribution < -0.4 is 0 Å². The zero-order valence-electron chi connectivity index (χ0n) is 10.4. The molecule has 1 saturated heterocycles. The molecule has 0 aromatic rings. The van der Waals surface area contributed by atoms with Gasteiger partial charge < -0.3 is 5.11 Å². The van der Waals surface area contributed by atoms with Gasteiger partial charge in [0.25, 0.3) is 0 Å². The monoisotopic (exact) mass is 243 g/mol. The summed E-state index contributed by atoms with van der Waals surface area (Å²) in [7, 11) is 0. The number of allylic oxidation sites excluding steroid dienone is 1. The smallest absolute Gasteiger partial charge is 0.0670 e. The molecule has 0 aromatic carbocycles. The van der Waals surface area contributed by atoms with Crippen molar-refractivity contribution in [1.82, 2.24) is 4.90 Å². The van der Waals surface area contributed by atoms with Crippen LogP contribution >= 0.6 is 11.8 Å². The number of likely N-dealkylation sites (tertiary alicyclic amines) is 1. The van der Waals surface area contributed by atoms with E-state index < -0.39 is 0 Å². The van der Waals surface area contributed by atoms with Gasteiger partial charge in [-0.1, -0.05) is 12.5 Å². The Labute approximate surface area is 104 Å². The lowest BCUT2D eigenvalue weighted by molar-refractivity contribution is 0.108. The highest BCUT2D eigenvalue weighted by Crippen LogP contribution is 2.20. The van der Waals surface area contributed by atoms with E-state index >= 15 is 0 Å². The van der Waals surface area contributed by atoms with Crippen molar-refractivity contribution >= 4 is 11.8 Å². The summed E-state index contributed by atoms with van der Waals surface area (Å²) in [5, 5.41) is 10.6. The largest absolute Gasteiger partial charge is 0.392 e. The lowest BCUT2D eigenvalue weighted by Crippen LogP contribution is -2.36. The molecule has 1 fully saturated rings. The van der Waals surface area contributed by atoms with Crippen molar-refractivity contribution in [3.63, 3.8) is 0 Å². The van der Waals surface area contributed by atoms with E-state index in [0.717, 1.165) is 37.7 Å². The number of nitrogens with zero attached hydrogens (tertiary/aromatic N) is 1. The Kier molecular flexibility index (Phi) is 7.17. The summed E-state index contributed by atoms with van der Waals surface area (Å²) in [6.07, 6.45) is 9.62. The Balaban J connectivity index is 2.30. The summed E-state index contributed by atoms with van der Waals surface area (Å²) < 4.78 is 0. The molecule has 16 heavy (non-hydrogen) atoms. The van der Waals surface area contributed by atoms with Crippen molar-refractivity contribution in [2.24, 2.45) is 0 Å². The van der Waals surface area contributed by atoms with E-state index in [2.05, 4.69) is 17.7 Å². The highest BCUT2D eigenvalue weighted by atomic mass is 32.2. The van der Waals surface area contributed by atoms with Crippen molar-refractivity contribution in [2.45, 2.75) is 43.5 Å². The minimum atomic E-state index is -0.182. The van der Waals surface area contributed by atoms with Crippen LogP contribution in [0.4, 0.5) is 0 Å². The number of hydrogen-bond donors (Lipinski definition) is 1. The molecule has 0 aromatic heterocycles. The molecule has 1 N–H and O–H groups in total. The van der Waals surface area contributed by atoms with Crippen molar-refractivity contribution in [3.05, 3.63) is 12.7 Å². The molecule has 0 radical (unpaired) electrons. The Morgan fingerprint density at radius 2 is 2.38 bits per heavy atom. The molecular formula is C13H25NOS. The number of β-amino-alcohol motifs (C(OH)–C–C–N with tert-alkyl or cyclic N) is 1. The maximum atomic E-state index is 9.89. The lowest BCUT2D eigenvalue weighted by atomic mass is 10.2. The normalized spacial score (nSPS) is 25.0. The van der Waals surface area contributed by atoms with Gasteiger partial charge in [0, 0.05) is 18.3 Å². The second-order valence-corrected chi connectivity index (χ2v) is 5.77. The van der Waals surface area contributed by atoms with E-state index in [0.29, 0.717) is 0 Å². The Hall–Kier alpha value is 0.0100. The average molecular weight is 243 g/mol. The quantitative estimate of drug-likeness (QED) is 0.725. The molecule has 0 bridgehead atoms. The third-order valence-electron chi connectivity index (χ3n) is 3.22. The van der Waals surface area contributed by atoms with Gasteiger partial charge in [-0.2, -0.15) is 11.8 Å². The third-order valence-corrected chi connectivity index (χ3v) is 4.27. The van der Waals surface area contributed by atoms with E-state index in [1.54, 1.807) is 0 Å². The molecule has 0 aliphatic carbocycles. The minimum Gasteiger partial charge on any atom is -0.392 e. The SMILES string of the molecule is C=CCCC(O)CN1CCCCC(SC)C1. The molecule has 2 atom stereocenters. The van der Waals surface area contributed by atoms with Crippen molar-refractivity contribution in [3.8, 4) is 0 Å². The summed E-state index contributed by atoms with van der Waals surface area (Å²) in [6.45, 7) is 6.83. The standard InChI is InChI=1S/C13H25NOS/c1-3-4-7-12(15)10-14-9-6-5-8-13(11-14)16-2/h3,12-13,15H,1,4-11H2,2H3. The van der Waals surface area contributed by atoms with Gasteiger partial charge in [0.2, 0.25) is 0 Å². The Morgan fingerprint density at radius 3 is 3.06 bits per heavy atom. The molecule has 3 heteroatoms. The van der Waals surface area contributed by atoms with Gasteiger partial charge in [0.15, 0.2) is 0 Å². The predicted octanol–water partition coefficient (Wildman–Crippen LogP) is 2.53. The van der Waals surface area contributed by atoms with Crippen LogP contribution in [-0.2, 0) is 0 Å². The molecule has 1 aliphatic rings. The fourth-order valence-electron chi connectivity index (χ4n) is 2.24. The summed E-state index contributed by atoms with van der Waals surface area (Å²) in [6, 6.07) is 0. The first kappa shape index (κ1) is 14.1. The lowest BCUT2D eigenvalue weighted by Gasteiger charge is -2.25. The van der Waals surface area contributed by atoms with Crippen molar-refractivity contribution in [1.29, 1.82) is 0 Å². The first-order chi connectivity index (χ1) is 7.76. The van der Waals surface area contributed by atoms with E-state index in [-0.39, 0.29) is 6.10 Å². The van der Waals surface area contributed by atoms with Crippen LogP contribution in [0.25, 0.3) is 0 Å². The van der Waals surface area contributed by atoms with E-state index in [9.17, 15) is 5.11 Å². The van der Waals surface area contributed by atoms with Gasteiger partial charge in [-0.05, 0) is 38.5 Å². The second kappa shape index (κ2) is 8.15. The predicted molar refractivity (Wildman–Crippen MR) is 73.0 cm³/mol. The maximum absolute atomic E-state index is 9.89. The van der Waals surface area contributed by atoms with Gasteiger partial charge in [0.05, 0.1) is 6.10 Å². The van der Waals surface area contributed by atoms with E-state index in [1.165, 1.54) is 19.3 Å². The molecule has 0 amide bonds. The summed E-state index contributed by atoms with van der Waals surface area (Å²) in [5.41, 5.74) is 0. The van der Waals surface area contributed by atoms with Gasteiger partial charge in [-0.3, -0.25) is 4.90 Å². The van der Waals surface area contributed by atoms with Crippen LogP contribution in [-0.4, -0.2) is 47.3 Å². The zero-order chi connectivity index (χ0) is 11.8. The van der Waals surface area contributed by atoms with E-state index in [4.69, 9.17) is 0 Å². The van der Waals surface area contributed by atoms with Gasteiger partial charge in [-0.15, -0.1) is 6.58 Å². The van der Waals surface area contributed by atoms with Crippen molar-refractivity contribution in [2.75, 3.05) is 25.9 Å². The van der Waals surface area contributed by atoms with Crippen LogP contribution in [0.2, 0.25) is 0 Å². The molecular weight excluding hydrogens is 218 g/mol. The van der Waals surface area contributed by atoms with Crippen molar-refractivity contribution < 1.29 is 5.11 Å². The Bertz CT molecular complexity index is 198. The van der Waals surface area contributed by atoms with Gasteiger partial charge in [-0.25, -0.2) is 0 Å². The minimum absolute atomic E-state index is 0.182. The molecule has 94 valence electrons. The number of rotatable bonds is 6. The van der Waals surface area contributed by atoms with Crippen LogP contribution in [0.3, 0.4) is 0 Å². The Morgan fingerprint density at radius 1 is 1.56 bits per heavy atom. The van der Waals surface area contributed by atoms with Gasteiger partial charge in [0.1, 0.15) is 0 Å². The molecule has 0 saturated carbocycles. The summed E-state index contributed by atoms with van der Waals surface area (Å²) in [4.78, 5) is 2.43. The highest BCUT2D eigenvalue weighted by molar-refractivity contribution is 7.99. The molecule has 2 unspecified atom stereocenters. The van der Waals surface area contributed by atoms with Crippen LogP contribution in [0, 0.1) is 0 Å². The zero-order valence-corrected chi connectivity index (χ0v) is 11.2. The number of hydrogen-bond acceptors (Lipinski definition) is 3. The maximum Gasteiger partial charge on any atom is 0.0670 e. The van der Waals surface area contributed by atoms with Gasteiger partial charge >= 0.3 is 0 Å². The van der Waals surface area contributed by atoms with Crippen LogP contribution in [0.15, 0.2) is 12.7 Å². The molecule has 1 rings (SSSR count).